The summed E-state index contributed by atoms with van der Waals surface area (Å²) in [6.07, 6.45) is 3.69. The minimum Gasteiger partial charge on any atom is -0.377 e. The Balaban J connectivity index is 1.68. The van der Waals surface area contributed by atoms with Crippen molar-refractivity contribution in [2.45, 2.75) is 51.9 Å². The van der Waals surface area contributed by atoms with Gasteiger partial charge in [0.15, 0.2) is 0 Å². The molecule has 3 nitrogen and oxygen atoms in total. The van der Waals surface area contributed by atoms with Crippen molar-refractivity contribution < 1.29 is 9.47 Å². The lowest BCUT2D eigenvalue weighted by Crippen LogP contribution is -2.35. The number of ether oxygens (including phenoxy) is 2. The minimum absolute atomic E-state index is 0.391. The number of hydrogen-bond donors (Lipinski definition) is 1. The van der Waals surface area contributed by atoms with E-state index in [0.29, 0.717) is 30.1 Å². The van der Waals surface area contributed by atoms with E-state index >= 15 is 0 Å². The highest BCUT2D eigenvalue weighted by atomic mass is 16.5. The molecule has 0 aliphatic carbocycles. The molecule has 0 aromatic rings. The first-order valence-corrected chi connectivity index (χ1v) is 6.66. The molecule has 94 valence electrons. The van der Waals surface area contributed by atoms with Gasteiger partial charge in [0.05, 0.1) is 18.3 Å². The summed E-state index contributed by atoms with van der Waals surface area (Å²) in [4.78, 5) is 0. The Morgan fingerprint density at radius 2 is 1.94 bits per heavy atom. The summed E-state index contributed by atoms with van der Waals surface area (Å²) < 4.78 is 11.4. The lowest BCUT2D eigenvalue weighted by Gasteiger charge is -2.20. The minimum atomic E-state index is 0.391. The largest absolute Gasteiger partial charge is 0.377 e. The third kappa shape index (κ3) is 2.76. The van der Waals surface area contributed by atoms with Crippen molar-refractivity contribution in [2.24, 2.45) is 11.8 Å². The summed E-state index contributed by atoms with van der Waals surface area (Å²) in [5.74, 6) is 1.31. The van der Waals surface area contributed by atoms with Crippen molar-refractivity contribution in [2.75, 3.05) is 19.7 Å². The van der Waals surface area contributed by atoms with Gasteiger partial charge in [0, 0.05) is 25.6 Å². The maximum atomic E-state index is 5.84. The van der Waals surface area contributed by atoms with Gasteiger partial charge in [-0.05, 0) is 32.6 Å². The number of nitrogens with one attached hydrogen (secondary N) is 1. The van der Waals surface area contributed by atoms with Crippen LogP contribution in [-0.4, -0.2) is 38.0 Å². The molecule has 0 radical (unpaired) electrons. The van der Waals surface area contributed by atoms with Crippen molar-refractivity contribution >= 4 is 0 Å². The molecular formula is C13H25NO2. The van der Waals surface area contributed by atoms with Crippen LogP contribution < -0.4 is 5.32 Å². The highest BCUT2D eigenvalue weighted by Gasteiger charge is 2.36. The Kier molecular flexibility index (Phi) is 4.22. The molecule has 0 spiro atoms. The van der Waals surface area contributed by atoms with E-state index in [4.69, 9.17) is 9.47 Å². The van der Waals surface area contributed by atoms with Crippen LogP contribution in [0.4, 0.5) is 0 Å². The second-order valence-electron chi connectivity index (χ2n) is 5.36. The molecular weight excluding hydrogens is 202 g/mol. The first-order valence-electron chi connectivity index (χ1n) is 6.66. The van der Waals surface area contributed by atoms with Crippen LogP contribution in [0.3, 0.4) is 0 Å². The van der Waals surface area contributed by atoms with E-state index in [9.17, 15) is 0 Å². The topological polar surface area (TPSA) is 30.5 Å². The predicted molar refractivity (Wildman–Crippen MR) is 64.5 cm³/mol. The molecule has 16 heavy (non-hydrogen) atoms. The van der Waals surface area contributed by atoms with Crippen LogP contribution in [0, 0.1) is 11.8 Å². The molecule has 2 heterocycles. The second kappa shape index (κ2) is 5.48. The van der Waals surface area contributed by atoms with Gasteiger partial charge in [-0.1, -0.05) is 6.92 Å². The normalized spacial score (nSPS) is 44.1. The van der Waals surface area contributed by atoms with Crippen LogP contribution in [0.5, 0.6) is 0 Å². The van der Waals surface area contributed by atoms with Crippen molar-refractivity contribution in [1.82, 2.24) is 5.32 Å². The van der Waals surface area contributed by atoms with Gasteiger partial charge < -0.3 is 14.8 Å². The summed E-state index contributed by atoms with van der Waals surface area (Å²) in [6, 6.07) is 0. The maximum absolute atomic E-state index is 5.84. The number of rotatable bonds is 4. The van der Waals surface area contributed by atoms with Gasteiger partial charge in [-0.3, -0.25) is 0 Å². The average molecular weight is 227 g/mol. The average Bonchev–Trinajstić information content (AvgIpc) is 2.82. The van der Waals surface area contributed by atoms with Gasteiger partial charge in [-0.25, -0.2) is 0 Å². The smallest absolute Gasteiger partial charge is 0.0700 e. The Morgan fingerprint density at radius 3 is 2.50 bits per heavy atom. The molecule has 0 saturated carbocycles. The summed E-state index contributed by atoms with van der Waals surface area (Å²) in [7, 11) is 0. The Bertz CT molecular complexity index is 216. The van der Waals surface area contributed by atoms with E-state index in [1.54, 1.807) is 0 Å². The zero-order valence-corrected chi connectivity index (χ0v) is 10.7. The third-order valence-corrected chi connectivity index (χ3v) is 4.22. The van der Waals surface area contributed by atoms with E-state index in [0.717, 1.165) is 19.7 Å². The zero-order chi connectivity index (χ0) is 11.5. The van der Waals surface area contributed by atoms with E-state index in [-0.39, 0.29) is 0 Å². The van der Waals surface area contributed by atoms with Gasteiger partial charge in [-0.15, -0.1) is 0 Å². The molecule has 2 rings (SSSR count). The first kappa shape index (κ1) is 12.3. The van der Waals surface area contributed by atoms with Gasteiger partial charge >= 0.3 is 0 Å². The van der Waals surface area contributed by atoms with Crippen LogP contribution in [-0.2, 0) is 9.47 Å². The predicted octanol–water partition coefficient (Wildman–Crippen LogP) is 1.81. The highest BCUT2D eigenvalue weighted by molar-refractivity contribution is 4.85. The maximum Gasteiger partial charge on any atom is 0.0700 e. The molecule has 0 aromatic heterocycles. The summed E-state index contributed by atoms with van der Waals surface area (Å²) in [5, 5.41) is 3.55. The Labute approximate surface area is 98.9 Å². The molecule has 0 bridgehead atoms. The zero-order valence-electron chi connectivity index (χ0n) is 10.7. The fourth-order valence-electron chi connectivity index (χ4n) is 2.91. The van der Waals surface area contributed by atoms with Crippen LogP contribution in [0.2, 0.25) is 0 Å². The molecule has 0 aromatic carbocycles. The Hall–Kier alpha value is -0.120. The molecule has 2 saturated heterocycles. The molecule has 3 heteroatoms. The monoisotopic (exact) mass is 227 g/mol. The number of hydrogen-bond acceptors (Lipinski definition) is 3. The van der Waals surface area contributed by atoms with E-state index in [1.165, 1.54) is 12.8 Å². The lowest BCUT2D eigenvalue weighted by molar-refractivity contribution is 0.0505. The van der Waals surface area contributed by atoms with Gasteiger partial charge in [0.1, 0.15) is 0 Å². The van der Waals surface area contributed by atoms with E-state index in [1.807, 2.05) is 0 Å². The highest BCUT2D eigenvalue weighted by Crippen LogP contribution is 2.31. The fraction of sp³-hybridized carbons (Fsp3) is 1.00. The molecule has 2 aliphatic heterocycles. The Morgan fingerprint density at radius 1 is 1.12 bits per heavy atom. The van der Waals surface area contributed by atoms with E-state index < -0.39 is 0 Å². The van der Waals surface area contributed by atoms with Crippen molar-refractivity contribution in [3.05, 3.63) is 0 Å². The van der Waals surface area contributed by atoms with Crippen LogP contribution in [0.1, 0.15) is 33.6 Å². The van der Waals surface area contributed by atoms with Gasteiger partial charge in [0.25, 0.3) is 0 Å². The fourth-order valence-corrected chi connectivity index (χ4v) is 2.91. The standard InChI is InChI=1S/C13H25NO2/c1-9-10(2)16-11(3)13(9)8-14-7-12-5-4-6-15-12/h9-14H,4-8H2,1-3H3. The van der Waals surface area contributed by atoms with Gasteiger partial charge in [-0.2, -0.15) is 0 Å². The third-order valence-electron chi connectivity index (χ3n) is 4.22. The van der Waals surface area contributed by atoms with Crippen LogP contribution in [0.25, 0.3) is 0 Å². The van der Waals surface area contributed by atoms with Gasteiger partial charge in [0.2, 0.25) is 0 Å². The SMILES string of the molecule is CC1OC(C)C(CNCC2CCCO2)C1C. The van der Waals surface area contributed by atoms with Crippen LogP contribution in [0.15, 0.2) is 0 Å². The van der Waals surface area contributed by atoms with Crippen molar-refractivity contribution in [1.29, 1.82) is 0 Å². The molecule has 2 aliphatic rings. The summed E-state index contributed by atoms with van der Waals surface area (Å²) >= 11 is 0. The van der Waals surface area contributed by atoms with Crippen LogP contribution >= 0.6 is 0 Å². The molecule has 1 N–H and O–H groups in total. The molecule has 5 atom stereocenters. The quantitative estimate of drug-likeness (QED) is 0.794. The second-order valence-corrected chi connectivity index (χ2v) is 5.36. The van der Waals surface area contributed by atoms with E-state index in [2.05, 4.69) is 26.1 Å². The molecule has 2 fully saturated rings. The summed E-state index contributed by atoms with van der Waals surface area (Å²) in [5.41, 5.74) is 0. The van der Waals surface area contributed by atoms with Crippen molar-refractivity contribution in [3.8, 4) is 0 Å². The first-order chi connectivity index (χ1) is 7.68. The van der Waals surface area contributed by atoms with Crippen molar-refractivity contribution in [3.63, 3.8) is 0 Å². The summed E-state index contributed by atoms with van der Waals surface area (Å²) in [6.45, 7) is 9.69. The molecule has 0 amide bonds. The lowest BCUT2D eigenvalue weighted by atomic mass is 9.89. The molecule has 5 unspecified atom stereocenters.